The Bertz CT molecular complexity index is 585. The molecule has 2 heterocycles. The lowest BCUT2D eigenvalue weighted by Crippen LogP contribution is -2.34. The lowest BCUT2D eigenvalue weighted by Gasteiger charge is -2.16. The number of aromatic nitrogens is 2. The van der Waals surface area contributed by atoms with Crippen LogP contribution < -0.4 is 4.72 Å². The third-order valence-corrected chi connectivity index (χ3v) is 5.15. The molecule has 1 fully saturated rings. The van der Waals surface area contributed by atoms with Gasteiger partial charge in [0.05, 0.1) is 11.8 Å². The summed E-state index contributed by atoms with van der Waals surface area (Å²) >= 11 is 0. The minimum Gasteiger partial charge on any atom is -0.338 e. The molecule has 1 aliphatic heterocycles. The lowest BCUT2D eigenvalue weighted by atomic mass is 9.96. The van der Waals surface area contributed by atoms with Crippen LogP contribution in [0.2, 0.25) is 0 Å². The van der Waals surface area contributed by atoms with Crippen molar-refractivity contribution in [3.05, 3.63) is 11.7 Å². The van der Waals surface area contributed by atoms with Crippen LogP contribution in [0, 0.1) is 0 Å². The monoisotopic (exact) mass is 330 g/mol. The Morgan fingerprint density at radius 2 is 1.95 bits per heavy atom. The van der Waals surface area contributed by atoms with E-state index in [1.54, 1.807) is 6.92 Å². The number of likely N-dealkylation sites (tertiary alicyclic amines) is 1. The van der Waals surface area contributed by atoms with Crippen LogP contribution in [0.3, 0.4) is 0 Å². The molecule has 1 N–H and O–H groups in total. The van der Waals surface area contributed by atoms with Gasteiger partial charge in [-0.25, -0.2) is 13.1 Å². The third kappa shape index (κ3) is 4.76. The molecule has 1 atom stereocenters. The van der Waals surface area contributed by atoms with Crippen molar-refractivity contribution in [2.24, 2.45) is 0 Å². The maximum atomic E-state index is 12.1. The van der Waals surface area contributed by atoms with Crippen LogP contribution in [0.5, 0.6) is 0 Å². The van der Waals surface area contributed by atoms with Crippen LogP contribution in [0.1, 0.15) is 58.3 Å². The first-order valence-corrected chi connectivity index (χ1v) is 9.39. The largest absolute Gasteiger partial charge is 0.338 e. The summed E-state index contributed by atoms with van der Waals surface area (Å²) in [5.41, 5.74) is -0.226. The molecule has 0 bridgehead atoms. The standard InChI is InChI=1S/C14H26N4O3S/c1-11(12-15-13(16-21-12)14(2,3)4)17-22(19,20)10-9-18-7-5-6-8-18/h11,17H,5-10H2,1-4H3. The molecule has 2 rings (SSSR count). The van der Waals surface area contributed by atoms with Crippen molar-refractivity contribution in [3.63, 3.8) is 0 Å². The number of nitrogens with one attached hydrogen (secondary N) is 1. The SMILES string of the molecule is CC(NS(=O)(=O)CCN1CCCC1)c1nc(C(C)(C)C)no1. The van der Waals surface area contributed by atoms with E-state index in [0.717, 1.165) is 25.9 Å². The molecule has 1 aromatic rings. The smallest absolute Gasteiger partial charge is 0.244 e. The molecular weight excluding hydrogens is 304 g/mol. The second kappa shape index (κ2) is 6.64. The predicted molar refractivity (Wildman–Crippen MR) is 84.0 cm³/mol. The molecule has 22 heavy (non-hydrogen) atoms. The van der Waals surface area contributed by atoms with Gasteiger partial charge in [0.15, 0.2) is 5.82 Å². The Hall–Kier alpha value is -0.990. The van der Waals surface area contributed by atoms with Crippen LogP contribution in [0.25, 0.3) is 0 Å². The highest BCUT2D eigenvalue weighted by Crippen LogP contribution is 2.21. The number of sulfonamides is 1. The average Bonchev–Trinajstić information content (AvgIpc) is 3.07. The summed E-state index contributed by atoms with van der Waals surface area (Å²) in [6.45, 7) is 10.2. The third-order valence-electron chi connectivity index (χ3n) is 3.71. The summed E-state index contributed by atoms with van der Waals surface area (Å²) in [5.74, 6) is 0.970. The van der Waals surface area contributed by atoms with E-state index < -0.39 is 16.1 Å². The average molecular weight is 330 g/mol. The first kappa shape index (κ1) is 17.4. The Labute approximate surface area is 132 Å². The predicted octanol–water partition coefficient (Wildman–Crippen LogP) is 1.44. The minimum absolute atomic E-state index is 0.0948. The molecule has 0 amide bonds. The van der Waals surface area contributed by atoms with Crippen molar-refractivity contribution in [1.82, 2.24) is 19.8 Å². The van der Waals surface area contributed by atoms with Crippen molar-refractivity contribution in [2.45, 2.75) is 52.0 Å². The van der Waals surface area contributed by atoms with Crippen LogP contribution in [-0.2, 0) is 15.4 Å². The molecule has 0 radical (unpaired) electrons. The van der Waals surface area contributed by atoms with Crippen LogP contribution in [0.15, 0.2) is 4.52 Å². The fourth-order valence-corrected chi connectivity index (χ4v) is 3.61. The van der Waals surface area contributed by atoms with Gasteiger partial charge >= 0.3 is 0 Å². The van der Waals surface area contributed by atoms with E-state index in [1.807, 2.05) is 20.8 Å². The van der Waals surface area contributed by atoms with Crippen molar-refractivity contribution >= 4 is 10.0 Å². The van der Waals surface area contributed by atoms with Crippen molar-refractivity contribution in [1.29, 1.82) is 0 Å². The number of hydrogen-bond acceptors (Lipinski definition) is 6. The van der Waals surface area contributed by atoms with Crippen LogP contribution in [0.4, 0.5) is 0 Å². The summed E-state index contributed by atoms with van der Waals surface area (Å²) in [4.78, 5) is 6.46. The van der Waals surface area contributed by atoms with E-state index >= 15 is 0 Å². The highest BCUT2D eigenvalue weighted by atomic mass is 32.2. The zero-order valence-electron chi connectivity index (χ0n) is 13.8. The van der Waals surface area contributed by atoms with Crippen LogP contribution in [-0.4, -0.2) is 48.8 Å². The first-order chi connectivity index (χ1) is 10.2. The van der Waals surface area contributed by atoms with E-state index in [2.05, 4.69) is 19.8 Å². The molecular formula is C14H26N4O3S. The minimum atomic E-state index is -3.36. The quantitative estimate of drug-likeness (QED) is 0.849. The van der Waals surface area contributed by atoms with Gasteiger partial charge in [-0.3, -0.25) is 0 Å². The van der Waals surface area contributed by atoms with Crippen molar-refractivity contribution < 1.29 is 12.9 Å². The van der Waals surface area contributed by atoms with E-state index in [0.29, 0.717) is 18.3 Å². The van der Waals surface area contributed by atoms with Gasteiger partial charge in [-0.15, -0.1) is 0 Å². The summed E-state index contributed by atoms with van der Waals surface area (Å²) < 4.78 is 32.1. The molecule has 0 saturated carbocycles. The fraction of sp³-hybridized carbons (Fsp3) is 0.857. The molecule has 1 aromatic heterocycles. The van der Waals surface area contributed by atoms with E-state index in [1.165, 1.54) is 0 Å². The number of rotatable bonds is 6. The molecule has 1 saturated heterocycles. The molecule has 7 nitrogen and oxygen atoms in total. The maximum absolute atomic E-state index is 12.1. The maximum Gasteiger partial charge on any atom is 0.244 e. The molecule has 0 aromatic carbocycles. The van der Waals surface area contributed by atoms with Gasteiger partial charge in [0.2, 0.25) is 15.9 Å². The van der Waals surface area contributed by atoms with Crippen molar-refractivity contribution in [3.8, 4) is 0 Å². The van der Waals surface area contributed by atoms with E-state index in [4.69, 9.17) is 4.52 Å². The highest BCUT2D eigenvalue weighted by molar-refractivity contribution is 7.89. The normalized spacial score (nSPS) is 18.7. The van der Waals surface area contributed by atoms with Gasteiger partial charge < -0.3 is 9.42 Å². The second-order valence-corrected chi connectivity index (χ2v) is 8.79. The Kier molecular flexibility index (Phi) is 5.24. The summed E-state index contributed by atoms with van der Waals surface area (Å²) in [6.07, 6.45) is 2.31. The summed E-state index contributed by atoms with van der Waals surface area (Å²) in [6, 6.07) is -0.521. The van der Waals surface area contributed by atoms with E-state index in [-0.39, 0.29) is 11.2 Å². The topological polar surface area (TPSA) is 88.3 Å². The summed E-state index contributed by atoms with van der Waals surface area (Å²) in [7, 11) is -3.36. The molecule has 126 valence electrons. The van der Waals surface area contributed by atoms with Crippen LogP contribution >= 0.6 is 0 Å². The number of nitrogens with zero attached hydrogens (tertiary/aromatic N) is 3. The summed E-state index contributed by atoms with van der Waals surface area (Å²) in [5, 5.41) is 3.92. The highest BCUT2D eigenvalue weighted by Gasteiger charge is 2.25. The number of hydrogen-bond donors (Lipinski definition) is 1. The molecule has 0 spiro atoms. The second-order valence-electron chi connectivity index (χ2n) is 6.91. The van der Waals surface area contributed by atoms with Gasteiger partial charge in [-0.1, -0.05) is 25.9 Å². The zero-order chi connectivity index (χ0) is 16.4. The molecule has 1 aliphatic rings. The van der Waals surface area contributed by atoms with Gasteiger partial charge in [0.1, 0.15) is 0 Å². The first-order valence-electron chi connectivity index (χ1n) is 7.74. The van der Waals surface area contributed by atoms with Gasteiger partial charge in [-0.05, 0) is 32.9 Å². The molecule has 8 heteroatoms. The van der Waals surface area contributed by atoms with Gasteiger partial charge in [0.25, 0.3) is 0 Å². The fourth-order valence-electron chi connectivity index (χ4n) is 2.35. The Morgan fingerprint density at radius 1 is 1.32 bits per heavy atom. The van der Waals surface area contributed by atoms with Crippen molar-refractivity contribution in [2.75, 3.05) is 25.4 Å². The van der Waals surface area contributed by atoms with Gasteiger partial charge in [-0.2, -0.15) is 4.98 Å². The van der Waals surface area contributed by atoms with Gasteiger partial charge in [0, 0.05) is 12.0 Å². The Balaban J connectivity index is 1.92. The molecule has 1 unspecified atom stereocenters. The lowest BCUT2D eigenvalue weighted by molar-refractivity contribution is 0.341. The Morgan fingerprint density at radius 3 is 2.50 bits per heavy atom. The van der Waals surface area contributed by atoms with E-state index in [9.17, 15) is 8.42 Å². The zero-order valence-corrected chi connectivity index (χ0v) is 14.6. The molecule has 0 aliphatic carbocycles.